The molecule has 0 fully saturated rings. The second kappa shape index (κ2) is 8.22. The van der Waals surface area contributed by atoms with Gasteiger partial charge in [-0.1, -0.05) is 34.4 Å². The summed E-state index contributed by atoms with van der Waals surface area (Å²) in [5.41, 5.74) is 2.07. The van der Waals surface area contributed by atoms with E-state index in [1.807, 2.05) is 0 Å². The Bertz CT molecular complexity index is 1190. The summed E-state index contributed by atoms with van der Waals surface area (Å²) in [5, 5.41) is 4.65. The molecule has 0 aliphatic rings. The van der Waals surface area contributed by atoms with E-state index in [4.69, 9.17) is 27.7 Å². The first kappa shape index (κ1) is 20.0. The normalized spacial score (nSPS) is 10.8. The predicted molar refractivity (Wildman–Crippen MR) is 112 cm³/mol. The lowest BCUT2D eigenvalue weighted by Gasteiger charge is -2.21. The number of halogens is 3. The summed E-state index contributed by atoms with van der Waals surface area (Å²) in [6.07, 6.45) is 2.91. The Kier molecular flexibility index (Phi) is 5.48. The molecule has 0 aliphatic heterocycles. The van der Waals surface area contributed by atoms with Gasteiger partial charge in [-0.25, -0.2) is 19.3 Å². The number of anilines is 2. The molecule has 9 heteroatoms. The SMILES string of the molecule is CC(=O)N(c1onc(-c2ccc(F)cc2)c1-c1ccncn1)c1c(Cl)cccc1Cl. The van der Waals surface area contributed by atoms with E-state index in [2.05, 4.69) is 15.1 Å². The second-order valence-corrected chi connectivity index (χ2v) is 7.05. The highest BCUT2D eigenvalue weighted by atomic mass is 35.5. The fraction of sp³-hybridized carbons (Fsp3) is 0.0476. The Labute approximate surface area is 180 Å². The summed E-state index contributed by atoms with van der Waals surface area (Å²) in [6.45, 7) is 1.35. The number of nitrogens with zero attached hydrogens (tertiary/aromatic N) is 4. The zero-order valence-corrected chi connectivity index (χ0v) is 17.0. The van der Waals surface area contributed by atoms with Crippen molar-refractivity contribution in [3.05, 3.63) is 76.9 Å². The summed E-state index contributed by atoms with van der Waals surface area (Å²) in [5.74, 6) is -0.711. The minimum atomic E-state index is -0.401. The van der Waals surface area contributed by atoms with E-state index in [0.717, 1.165) is 0 Å². The van der Waals surface area contributed by atoms with Crippen LogP contribution in [0.4, 0.5) is 16.0 Å². The summed E-state index contributed by atoms with van der Waals surface area (Å²) in [7, 11) is 0. The summed E-state index contributed by atoms with van der Waals surface area (Å²) in [4.78, 5) is 22.1. The zero-order valence-electron chi connectivity index (χ0n) is 15.5. The van der Waals surface area contributed by atoms with Crippen molar-refractivity contribution in [3.63, 3.8) is 0 Å². The summed E-state index contributed by atoms with van der Waals surface area (Å²) >= 11 is 12.7. The summed E-state index contributed by atoms with van der Waals surface area (Å²) < 4.78 is 19.0. The monoisotopic (exact) mass is 442 g/mol. The van der Waals surface area contributed by atoms with Gasteiger partial charge in [-0.15, -0.1) is 0 Å². The van der Waals surface area contributed by atoms with Gasteiger partial charge in [-0.05, 0) is 42.5 Å². The average Bonchev–Trinajstić information content (AvgIpc) is 3.16. The molecule has 150 valence electrons. The molecule has 0 saturated heterocycles. The van der Waals surface area contributed by atoms with Crippen LogP contribution in [0.15, 0.2) is 65.6 Å². The minimum absolute atomic E-state index is 0.0792. The van der Waals surface area contributed by atoms with Gasteiger partial charge in [0, 0.05) is 18.7 Å². The van der Waals surface area contributed by atoms with Gasteiger partial charge in [0.05, 0.1) is 27.0 Å². The molecule has 0 N–H and O–H groups in total. The highest BCUT2D eigenvalue weighted by Crippen LogP contribution is 2.45. The third-order valence-electron chi connectivity index (χ3n) is 4.31. The number of aromatic nitrogens is 3. The molecule has 0 spiro atoms. The minimum Gasteiger partial charge on any atom is -0.336 e. The van der Waals surface area contributed by atoms with Crippen molar-refractivity contribution in [3.8, 4) is 22.5 Å². The van der Waals surface area contributed by atoms with Gasteiger partial charge < -0.3 is 4.52 Å². The van der Waals surface area contributed by atoms with Gasteiger partial charge >= 0.3 is 0 Å². The zero-order chi connectivity index (χ0) is 21.3. The molecule has 6 nitrogen and oxygen atoms in total. The van der Waals surface area contributed by atoms with Crippen LogP contribution < -0.4 is 4.90 Å². The molecular weight excluding hydrogens is 430 g/mol. The molecular formula is C21H13Cl2FN4O2. The van der Waals surface area contributed by atoms with E-state index in [9.17, 15) is 9.18 Å². The maximum absolute atomic E-state index is 13.4. The molecule has 2 aromatic heterocycles. The third kappa shape index (κ3) is 3.65. The first-order valence-corrected chi connectivity index (χ1v) is 9.49. The quantitative estimate of drug-likeness (QED) is 0.391. The number of carbonyl (C=O) groups is 1. The van der Waals surface area contributed by atoms with E-state index >= 15 is 0 Å². The average molecular weight is 443 g/mol. The van der Waals surface area contributed by atoms with E-state index in [1.54, 1.807) is 42.6 Å². The standard InChI is InChI=1S/C21H13Cl2FN4O2/c1-12(29)28(20-15(22)3-2-4-16(20)23)21-18(17-9-10-25-11-26-17)19(27-30-21)13-5-7-14(24)8-6-13/h2-11H,1H3. The van der Waals surface area contributed by atoms with Crippen LogP contribution in [-0.2, 0) is 4.79 Å². The molecule has 0 atom stereocenters. The molecule has 2 heterocycles. The van der Waals surface area contributed by atoms with Gasteiger partial charge in [0.2, 0.25) is 11.8 Å². The molecule has 0 aliphatic carbocycles. The molecule has 30 heavy (non-hydrogen) atoms. The van der Waals surface area contributed by atoms with E-state index < -0.39 is 5.91 Å². The molecule has 4 rings (SSSR count). The Morgan fingerprint density at radius 2 is 1.77 bits per heavy atom. The van der Waals surface area contributed by atoms with Crippen molar-refractivity contribution >= 4 is 40.7 Å². The number of amides is 1. The summed E-state index contributed by atoms with van der Waals surface area (Å²) in [6, 6.07) is 12.3. The van der Waals surface area contributed by atoms with Crippen LogP contribution in [0.2, 0.25) is 10.0 Å². The van der Waals surface area contributed by atoms with Crippen molar-refractivity contribution in [2.24, 2.45) is 0 Å². The van der Waals surface area contributed by atoms with Gasteiger partial charge in [-0.3, -0.25) is 4.79 Å². The van der Waals surface area contributed by atoms with Crippen molar-refractivity contribution in [1.29, 1.82) is 0 Å². The largest absolute Gasteiger partial charge is 0.336 e. The molecule has 4 aromatic rings. The van der Waals surface area contributed by atoms with Crippen LogP contribution in [-0.4, -0.2) is 21.0 Å². The fourth-order valence-electron chi connectivity index (χ4n) is 3.01. The lowest BCUT2D eigenvalue weighted by Crippen LogP contribution is -2.23. The topological polar surface area (TPSA) is 72.1 Å². The van der Waals surface area contributed by atoms with Gasteiger partial charge in [0.15, 0.2) is 0 Å². The Hall–Kier alpha value is -3.29. The van der Waals surface area contributed by atoms with Crippen LogP contribution in [0, 0.1) is 5.82 Å². The lowest BCUT2D eigenvalue weighted by atomic mass is 10.0. The van der Waals surface area contributed by atoms with Crippen molar-refractivity contribution in [1.82, 2.24) is 15.1 Å². The maximum Gasteiger partial charge on any atom is 0.248 e. The van der Waals surface area contributed by atoms with Crippen LogP contribution >= 0.6 is 23.2 Å². The molecule has 0 bridgehead atoms. The molecule has 0 radical (unpaired) electrons. The first-order valence-electron chi connectivity index (χ1n) is 8.74. The van der Waals surface area contributed by atoms with E-state index in [-0.39, 0.29) is 27.4 Å². The van der Waals surface area contributed by atoms with E-state index in [0.29, 0.717) is 22.5 Å². The lowest BCUT2D eigenvalue weighted by molar-refractivity contribution is -0.116. The molecule has 0 unspecified atom stereocenters. The molecule has 1 amide bonds. The number of benzene rings is 2. The number of carbonyl (C=O) groups excluding carboxylic acids is 1. The van der Waals surface area contributed by atoms with Crippen LogP contribution in [0.5, 0.6) is 0 Å². The number of hydrogen-bond donors (Lipinski definition) is 0. The Morgan fingerprint density at radius 1 is 1.07 bits per heavy atom. The number of hydrogen-bond acceptors (Lipinski definition) is 5. The molecule has 0 saturated carbocycles. The Morgan fingerprint density at radius 3 is 2.37 bits per heavy atom. The van der Waals surface area contributed by atoms with Gasteiger partial charge in [-0.2, -0.15) is 0 Å². The highest BCUT2D eigenvalue weighted by Gasteiger charge is 2.30. The highest BCUT2D eigenvalue weighted by molar-refractivity contribution is 6.40. The van der Waals surface area contributed by atoms with Crippen LogP contribution in [0.25, 0.3) is 22.5 Å². The van der Waals surface area contributed by atoms with Gasteiger partial charge in [0.1, 0.15) is 17.8 Å². The first-order chi connectivity index (χ1) is 14.5. The molecule has 2 aromatic carbocycles. The van der Waals surface area contributed by atoms with E-state index in [1.165, 1.54) is 30.3 Å². The van der Waals surface area contributed by atoms with Crippen molar-refractivity contribution in [2.45, 2.75) is 6.92 Å². The number of rotatable bonds is 4. The second-order valence-electron chi connectivity index (χ2n) is 6.24. The van der Waals surface area contributed by atoms with Crippen LogP contribution in [0.1, 0.15) is 6.92 Å². The fourth-order valence-corrected chi connectivity index (χ4v) is 3.58. The van der Waals surface area contributed by atoms with Crippen molar-refractivity contribution < 1.29 is 13.7 Å². The maximum atomic E-state index is 13.4. The predicted octanol–water partition coefficient (Wildman–Crippen LogP) is 5.93. The van der Waals surface area contributed by atoms with Crippen molar-refractivity contribution in [2.75, 3.05) is 4.90 Å². The smallest absolute Gasteiger partial charge is 0.248 e. The van der Waals surface area contributed by atoms with Gasteiger partial charge in [0.25, 0.3) is 0 Å². The Balaban J connectivity index is 2.00. The third-order valence-corrected chi connectivity index (χ3v) is 4.92. The van der Waals surface area contributed by atoms with Crippen LogP contribution in [0.3, 0.4) is 0 Å². The number of para-hydroxylation sites is 1.